The number of aliphatic hydroxyl groups is 1. The molecule has 2 amide bonds. The molecule has 2 atom stereocenters. The lowest BCUT2D eigenvalue weighted by Crippen LogP contribution is -2.49. The Labute approximate surface area is 142 Å². The normalized spacial score (nSPS) is 20.8. The number of carbonyl (C=O) groups excluding carboxylic acids is 1. The molecule has 0 unspecified atom stereocenters. The van der Waals surface area contributed by atoms with Gasteiger partial charge in [0.05, 0.1) is 11.8 Å². The zero-order valence-electron chi connectivity index (χ0n) is 13.9. The minimum absolute atomic E-state index is 0.0888. The van der Waals surface area contributed by atoms with Crippen molar-refractivity contribution >= 4 is 6.03 Å². The molecule has 1 saturated heterocycles. The second kappa shape index (κ2) is 7.49. The third kappa shape index (κ3) is 3.94. The van der Waals surface area contributed by atoms with Crippen LogP contribution in [0.3, 0.4) is 0 Å². The number of aliphatic hydroxyl groups excluding tert-OH is 1. The molecule has 1 aromatic heterocycles. The lowest BCUT2D eigenvalue weighted by atomic mass is 9.96. The number of likely N-dealkylation sites (tertiary alicyclic amines) is 1. The van der Waals surface area contributed by atoms with E-state index in [9.17, 15) is 9.90 Å². The minimum Gasteiger partial charge on any atom is -0.391 e. The van der Waals surface area contributed by atoms with Gasteiger partial charge in [-0.25, -0.2) is 9.48 Å². The van der Waals surface area contributed by atoms with Crippen LogP contribution in [0.4, 0.5) is 4.79 Å². The average Bonchev–Trinajstić information content (AvgIpc) is 3.12. The van der Waals surface area contributed by atoms with E-state index in [1.165, 1.54) is 5.56 Å². The smallest absolute Gasteiger partial charge is 0.317 e. The van der Waals surface area contributed by atoms with Gasteiger partial charge in [0.2, 0.25) is 0 Å². The Bertz CT molecular complexity index is 654. The van der Waals surface area contributed by atoms with Gasteiger partial charge in [-0.1, -0.05) is 19.1 Å². The van der Waals surface area contributed by atoms with Gasteiger partial charge in [-0.2, -0.15) is 5.10 Å². The standard InChI is InChI=1S/C18H24N4O2/c1-14-8-12-21(13-17(14)23)18(24)19-10-7-15-3-5-16(6-4-15)22-11-2-9-20-22/h2-6,9,11,14,17,23H,7-8,10,12-13H2,1H3,(H,19,24)/t14-,17-/m0/s1. The topological polar surface area (TPSA) is 70.4 Å². The summed E-state index contributed by atoms with van der Waals surface area (Å²) in [5.41, 5.74) is 2.18. The Kier molecular flexibility index (Phi) is 5.15. The second-order valence-corrected chi connectivity index (χ2v) is 6.38. The Morgan fingerprint density at radius 2 is 2.17 bits per heavy atom. The number of amides is 2. The molecule has 2 aromatic rings. The Balaban J connectivity index is 1.45. The molecule has 0 spiro atoms. The van der Waals surface area contributed by atoms with Crippen LogP contribution in [0.15, 0.2) is 42.7 Å². The highest BCUT2D eigenvalue weighted by atomic mass is 16.3. The van der Waals surface area contributed by atoms with Crippen LogP contribution in [0.2, 0.25) is 0 Å². The highest BCUT2D eigenvalue weighted by molar-refractivity contribution is 5.74. The van der Waals surface area contributed by atoms with Gasteiger partial charge < -0.3 is 15.3 Å². The molecule has 0 radical (unpaired) electrons. The summed E-state index contributed by atoms with van der Waals surface area (Å²) in [6, 6.07) is 9.94. The monoisotopic (exact) mass is 328 g/mol. The first kappa shape index (κ1) is 16.5. The van der Waals surface area contributed by atoms with Crippen molar-refractivity contribution in [1.82, 2.24) is 20.0 Å². The van der Waals surface area contributed by atoms with Crippen molar-refractivity contribution in [1.29, 1.82) is 0 Å². The zero-order chi connectivity index (χ0) is 16.9. The molecule has 1 aliphatic heterocycles. The maximum absolute atomic E-state index is 12.1. The van der Waals surface area contributed by atoms with Crippen LogP contribution >= 0.6 is 0 Å². The number of nitrogens with one attached hydrogen (secondary N) is 1. The van der Waals surface area contributed by atoms with E-state index in [0.29, 0.717) is 19.6 Å². The Morgan fingerprint density at radius 1 is 1.38 bits per heavy atom. The number of carbonyl (C=O) groups is 1. The van der Waals surface area contributed by atoms with Gasteiger partial charge in [-0.3, -0.25) is 0 Å². The fourth-order valence-electron chi connectivity index (χ4n) is 2.90. The summed E-state index contributed by atoms with van der Waals surface area (Å²) in [6.45, 7) is 3.74. The van der Waals surface area contributed by atoms with Crippen molar-refractivity contribution in [3.63, 3.8) is 0 Å². The van der Waals surface area contributed by atoms with E-state index in [1.54, 1.807) is 11.1 Å². The molecule has 0 aliphatic carbocycles. The number of β-amino-alcohol motifs (C(OH)–C–C–N with tert-alkyl or cyclic N) is 1. The van der Waals surface area contributed by atoms with E-state index in [1.807, 2.05) is 36.0 Å². The molecule has 0 saturated carbocycles. The number of urea groups is 1. The predicted molar refractivity (Wildman–Crippen MR) is 92.0 cm³/mol. The number of piperidine rings is 1. The van der Waals surface area contributed by atoms with Crippen molar-refractivity contribution in [2.75, 3.05) is 19.6 Å². The molecule has 1 aromatic carbocycles. The lowest BCUT2D eigenvalue weighted by molar-refractivity contribution is 0.0436. The van der Waals surface area contributed by atoms with Gasteiger partial charge in [0, 0.05) is 32.0 Å². The fourth-order valence-corrected chi connectivity index (χ4v) is 2.90. The summed E-state index contributed by atoms with van der Waals surface area (Å²) in [4.78, 5) is 13.8. The first-order chi connectivity index (χ1) is 11.6. The maximum atomic E-state index is 12.1. The van der Waals surface area contributed by atoms with E-state index in [-0.39, 0.29) is 11.9 Å². The molecular formula is C18H24N4O2. The van der Waals surface area contributed by atoms with Gasteiger partial charge in [-0.05, 0) is 42.5 Å². The second-order valence-electron chi connectivity index (χ2n) is 6.38. The van der Waals surface area contributed by atoms with Crippen LogP contribution in [0.25, 0.3) is 5.69 Å². The lowest BCUT2D eigenvalue weighted by Gasteiger charge is -2.34. The van der Waals surface area contributed by atoms with Gasteiger partial charge in [-0.15, -0.1) is 0 Å². The van der Waals surface area contributed by atoms with E-state index in [2.05, 4.69) is 22.5 Å². The van der Waals surface area contributed by atoms with Crippen LogP contribution in [0.1, 0.15) is 18.9 Å². The molecule has 24 heavy (non-hydrogen) atoms. The van der Waals surface area contributed by atoms with E-state index < -0.39 is 6.10 Å². The van der Waals surface area contributed by atoms with Gasteiger partial charge >= 0.3 is 6.03 Å². The molecule has 3 rings (SSSR count). The summed E-state index contributed by atoms with van der Waals surface area (Å²) in [5.74, 6) is 0.266. The van der Waals surface area contributed by atoms with Crippen molar-refractivity contribution in [3.05, 3.63) is 48.3 Å². The van der Waals surface area contributed by atoms with Crippen molar-refractivity contribution in [2.24, 2.45) is 5.92 Å². The van der Waals surface area contributed by atoms with Gasteiger partial charge in [0.15, 0.2) is 0 Å². The summed E-state index contributed by atoms with van der Waals surface area (Å²) in [7, 11) is 0. The molecule has 2 N–H and O–H groups in total. The van der Waals surface area contributed by atoms with Crippen LogP contribution in [0, 0.1) is 5.92 Å². The largest absolute Gasteiger partial charge is 0.391 e. The zero-order valence-corrected chi connectivity index (χ0v) is 13.9. The molecule has 0 bridgehead atoms. The minimum atomic E-state index is -0.417. The average molecular weight is 328 g/mol. The van der Waals surface area contributed by atoms with E-state index >= 15 is 0 Å². The van der Waals surface area contributed by atoms with Crippen molar-refractivity contribution < 1.29 is 9.90 Å². The SMILES string of the molecule is C[C@H]1CCN(C(=O)NCCc2ccc(-n3cccn3)cc2)C[C@@H]1O. The van der Waals surface area contributed by atoms with Gasteiger partial charge in [0.1, 0.15) is 0 Å². The maximum Gasteiger partial charge on any atom is 0.317 e. The highest BCUT2D eigenvalue weighted by Gasteiger charge is 2.26. The summed E-state index contributed by atoms with van der Waals surface area (Å²) < 4.78 is 1.81. The summed E-state index contributed by atoms with van der Waals surface area (Å²) in [5, 5.41) is 17.0. The number of hydrogen-bond donors (Lipinski definition) is 2. The summed E-state index contributed by atoms with van der Waals surface area (Å²) >= 11 is 0. The van der Waals surface area contributed by atoms with Crippen molar-refractivity contribution in [2.45, 2.75) is 25.9 Å². The quantitative estimate of drug-likeness (QED) is 0.899. The van der Waals surface area contributed by atoms with Crippen LogP contribution < -0.4 is 5.32 Å². The molecular weight excluding hydrogens is 304 g/mol. The molecule has 6 heteroatoms. The van der Waals surface area contributed by atoms with E-state index in [0.717, 1.165) is 18.5 Å². The number of nitrogens with zero attached hydrogens (tertiary/aromatic N) is 3. The third-order valence-corrected chi connectivity index (χ3v) is 4.60. The number of hydrogen-bond acceptors (Lipinski definition) is 3. The van der Waals surface area contributed by atoms with Crippen LogP contribution in [0.5, 0.6) is 0 Å². The van der Waals surface area contributed by atoms with E-state index in [4.69, 9.17) is 0 Å². The summed E-state index contributed by atoms with van der Waals surface area (Å²) in [6.07, 6.45) is 4.87. The van der Waals surface area contributed by atoms with Crippen molar-refractivity contribution in [3.8, 4) is 5.69 Å². The highest BCUT2D eigenvalue weighted by Crippen LogP contribution is 2.16. The van der Waals surface area contributed by atoms with Crippen LogP contribution in [-0.2, 0) is 6.42 Å². The Hall–Kier alpha value is -2.34. The first-order valence-corrected chi connectivity index (χ1v) is 8.43. The molecule has 1 fully saturated rings. The molecule has 1 aliphatic rings. The fraction of sp³-hybridized carbons (Fsp3) is 0.444. The molecule has 2 heterocycles. The molecule has 128 valence electrons. The Morgan fingerprint density at radius 3 is 2.83 bits per heavy atom. The molecule has 6 nitrogen and oxygen atoms in total. The number of aromatic nitrogens is 2. The van der Waals surface area contributed by atoms with Gasteiger partial charge in [0.25, 0.3) is 0 Å². The van der Waals surface area contributed by atoms with Crippen LogP contribution in [-0.4, -0.2) is 51.6 Å². The number of rotatable bonds is 4. The predicted octanol–water partition coefficient (Wildman–Crippen LogP) is 1.83. The first-order valence-electron chi connectivity index (χ1n) is 8.43. The number of benzene rings is 1. The third-order valence-electron chi connectivity index (χ3n) is 4.60.